The van der Waals surface area contributed by atoms with E-state index in [9.17, 15) is 18.0 Å². The van der Waals surface area contributed by atoms with E-state index in [0.717, 1.165) is 12.3 Å². The molecule has 2 N–H and O–H groups in total. The Hall–Kier alpha value is -3.11. The summed E-state index contributed by atoms with van der Waals surface area (Å²) in [7, 11) is 0. The minimum atomic E-state index is -4.45. The summed E-state index contributed by atoms with van der Waals surface area (Å²) >= 11 is 0. The van der Waals surface area contributed by atoms with E-state index in [1.54, 1.807) is 0 Å². The molecule has 2 aromatic heterocycles. The van der Waals surface area contributed by atoms with E-state index in [4.69, 9.17) is 9.84 Å². The largest absolute Gasteiger partial charge is 0.474 e. The van der Waals surface area contributed by atoms with E-state index < -0.39 is 17.8 Å². The van der Waals surface area contributed by atoms with Crippen molar-refractivity contribution < 1.29 is 27.8 Å². The van der Waals surface area contributed by atoms with E-state index in [-0.39, 0.29) is 17.8 Å². The average molecular weight is 383 g/mol. The number of ether oxygens (including phenoxy) is 1. The van der Waals surface area contributed by atoms with Crippen molar-refractivity contribution in [3.63, 3.8) is 0 Å². The predicted molar refractivity (Wildman–Crippen MR) is 87.8 cm³/mol. The highest BCUT2D eigenvalue weighted by atomic mass is 19.4. The number of amides is 1. The third-order valence-corrected chi connectivity index (χ3v) is 3.99. The molecule has 3 heterocycles. The van der Waals surface area contributed by atoms with Gasteiger partial charge in [-0.1, -0.05) is 0 Å². The van der Waals surface area contributed by atoms with Crippen LogP contribution in [-0.4, -0.2) is 50.2 Å². The molecule has 0 atom stereocenters. The Balaban J connectivity index is 1.60. The van der Waals surface area contributed by atoms with Crippen molar-refractivity contribution in [2.24, 2.45) is 0 Å². The number of likely N-dealkylation sites (tertiary alicyclic amines) is 1. The van der Waals surface area contributed by atoms with Gasteiger partial charge in [0.15, 0.2) is 0 Å². The summed E-state index contributed by atoms with van der Waals surface area (Å²) in [6.07, 6.45) is -2.50. The first kappa shape index (κ1) is 18.7. The van der Waals surface area contributed by atoms with Crippen LogP contribution in [0.1, 0.15) is 18.4 Å². The van der Waals surface area contributed by atoms with Crippen LogP contribution in [0.2, 0.25) is 0 Å². The normalized spacial score (nSPS) is 15.4. The maximum absolute atomic E-state index is 12.6. The lowest BCUT2D eigenvalue weighted by atomic mass is 10.1. The molecule has 3 rings (SSSR count). The van der Waals surface area contributed by atoms with Crippen molar-refractivity contribution in [2.75, 3.05) is 18.4 Å². The number of hydrogen-bond donors (Lipinski definition) is 2. The molecule has 1 aliphatic heterocycles. The van der Waals surface area contributed by atoms with Gasteiger partial charge in [-0.2, -0.15) is 13.2 Å². The molecule has 0 bridgehead atoms. The maximum atomic E-state index is 12.6. The summed E-state index contributed by atoms with van der Waals surface area (Å²) in [6.45, 7) is 0.761. The van der Waals surface area contributed by atoms with Gasteiger partial charge in [-0.25, -0.2) is 19.7 Å². The Morgan fingerprint density at radius 2 is 1.93 bits per heavy atom. The number of carboxylic acid groups (broad SMARTS) is 1. The molecule has 1 fully saturated rings. The quantitative estimate of drug-likeness (QED) is 0.836. The van der Waals surface area contributed by atoms with E-state index in [1.165, 1.54) is 23.4 Å². The molecule has 11 heteroatoms. The number of rotatable bonds is 4. The van der Waals surface area contributed by atoms with Gasteiger partial charge in [0, 0.05) is 38.2 Å². The number of anilines is 2. The Morgan fingerprint density at radius 1 is 1.19 bits per heavy atom. The summed E-state index contributed by atoms with van der Waals surface area (Å²) in [5.74, 6) is 0.797. The highest BCUT2D eigenvalue weighted by molar-refractivity contribution is 5.65. The first-order valence-corrected chi connectivity index (χ1v) is 8.08. The molecule has 1 saturated heterocycles. The van der Waals surface area contributed by atoms with Gasteiger partial charge in [-0.3, -0.25) is 0 Å². The predicted octanol–water partition coefficient (Wildman–Crippen LogP) is 3.16. The third-order valence-electron chi connectivity index (χ3n) is 3.99. The van der Waals surface area contributed by atoms with Crippen LogP contribution in [0.25, 0.3) is 0 Å². The number of aromatic nitrogens is 3. The van der Waals surface area contributed by atoms with Crippen LogP contribution in [0.4, 0.5) is 29.6 Å². The van der Waals surface area contributed by atoms with Gasteiger partial charge in [-0.15, -0.1) is 0 Å². The fourth-order valence-electron chi connectivity index (χ4n) is 2.57. The Labute approximate surface area is 152 Å². The number of carbonyl (C=O) groups is 1. The first-order valence-electron chi connectivity index (χ1n) is 8.08. The highest BCUT2D eigenvalue weighted by Crippen LogP contribution is 2.29. The molecule has 144 valence electrons. The van der Waals surface area contributed by atoms with Gasteiger partial charge in [0.2, 0.25) is 5.88 Å². The van der Waals surface area contributed by atoms with Gasteiger partial charge in [-0.05, 0) is 12.1 Å². The lowest BCUT2D eigenvalue weighted by molar-refractivity contribution is -0.137. The number of nitrogens with one attached hydrogen (secondary N) is 1. The standard InChI is InChI=1S/C16H16F3N5O3/c17-16(18,19)10-1-2-12(20-8-10)23-13-7-14(22-9-21-13)27-11-3-5-24(6-4-11)15(25)26/h1-2,7-9,11H,3-6H2,(H,25,26)(H,20,21,22,23). The van der Waals surface area contributed by atoms with E-state index in [2.05, 4.69) is 20.3 Å². The molecular weight excluding hydrogens is 367 g/mol. The van der Waals surface area contributed by atoms with Gasteiger partial charge < -0.3 is 20.1 Å². The number of halogens is 3. The number of pyridine rings is 1. The van der Waals surface area contributed by atoms with Crippen LogP contribution in [0, 0.1) is 0 Å². The van der Waals surface area contributed by atoms with Crippen LogP contribution in [-0.2, 0) is 6.18 Å². The molecule has 0 aliphatic carbocycles. The molecule has 0 spiro atoms. The molecule has 8 nitrogen and oxygen atoms in total. The number of hydrogen-bond acceptors (Lipinski definition) is 6. The summed E-state index contributed by atoms with van der Waals surface area (Å²) in [4.78, 5) is 23.9. The van der Waals surface area contributed by atoms with Crippen LogP contribution in [0.3, 0.4) is 0 Å². The van der Waals surface area contributed by atoms with Crippen molar-refractivity contribution in [2.45, 2.75) is 25.1 Å². The number of nitrogens with zero attached hydrogens (tertiary/aromatic N) is 4. The Morgan fingerprint density at radius 3 is 2.52 bits per heavy atom. The fraction of sp³-hybridized carbons (Fsp3) is 0.375. The van der Waals surface area contributed by atoms with E-state index >= 15 is 0 Å². The molecule has 27 heavy (non-hydrogen) atoms. The molecule has 1 aliphatic rings. The van der Waals surface area contributed by atoms with E-state index in [0.29, 0.717) is 31.7 Å². The zero-order valence-electron chi connectivity index (χ0n) is 14.0. The van der Waals surface area contributed by atoms with Crippen molar-refractivity contribution in [3.8, 4) is 5.88 Å². The Kier molecular flexibility index (Phi) is 5.28. The zero-order valence-corrected chi connectivity index (χ0v) is 14.0. The lowest BCUT2D eigenvalue weighted by Crippen LogP contribution is -2.41. The number of piperidine rings is 1. The zero-order chi connectivity index (χ0) is 19.4. The van der Waals surface area contributed by atoms with Gasteiger partial charge >= 0.3 is 12.3 Å². The summed E-state index contributed by atoms with van der Waals surface area (Å²) in [5, 5.41) is 11.7. The fourth-order valence-corrected chi connectivity index (χ4v) is 2.57. The van der Waals surface area contributed by atoms with Crippen LogP contribution in [0.5, 0.6) is 5.88 Å². The minimum absolute atomic E-state index is 0.174. The second-order valence-electron chi connectivity index (χ2n) is 5.88. The second-order valence-corrected chi connectivity index (χ2v) is 5.88. The summed E-state index contributed by atoms with van der Waals surface area (Å²) in [6, 6.07) is 3.63. The molecule has 2 aromatic rings. The van der Waals surface area contributed by atoms with Crippen molar-refractivity contribution in [3.05, 3.63) is 36.3 Å². The van der Waals surface area contributed by atoms with Crippen LogP contribution in [0.15, 0.2) is 30.7 Å². The minimum Gasteiger partial charge on any atom is -0.474 e. The van der Waals surface area contributed by atoms with Gasteiger partial charge in [0.05, 0.1) is 5.56 Å². The lowest BCUT2D eigenvalue weighted by Gasteiger charge is -2.29. The molecule has 0 aromatic carbocycles. The van der Waals surface area contributed by atoms with Crippen LogP contribution < -0.4 is 10.1 Å². The Bertz CT molecular complexity index is 793. The van der Waals surface area contributed by atoms with Crippen LogP contribution >= 0.6 is 0 Å². The topological polar surface area (TPSA) is 100 Å². The highest BCUT2D eigenvalue weighted by Gasteiger charge is 2.30. The van der Waals surface area contributed by atoms with E-state index in [1.807, 2.05) is 0 Å². The number of alkyl halides is 3. The molecular formula is C16H16F3N5O3. The summed E-state index contributed by atoms with van der Waals surface area (Å²) < 4.78 is 43.4. The third kappa shape index (κ3) is 4.96. The van der Waals surface area contributed by atoms with Gasteiger partial charge in [0.25, 0.3) is 0 Å². The smallest absolute Gasteiger partial charge is 0.417 e. The molecule has 1 amide bonds. The molecule has 0 unspecified atom stereocenters. The van der Waals surface area contributed by atoms with Crippen molar-refractivity contribution >= 4 is 17.7 Å². The van der Waals surface area contributed by atoms with Crippen molar-refractivity contribution in [1.29, 1.82) is 0 Å². The average Bonchev–Trinajstić information content (AvgIpc) is 2.62. The molecule has 0 radical (unpaired) electrons. The van der Waals surface area contributed by atoms with Crippen molar-refractivity contribution in [1.82, 2.24) is 19.9 Å². The summed E-state index contributed by atoms with van der Waals surface area (Å²) in [5.41, 5.74) is -0.840. The first-order chi connectivity index (χ1) is 12.8. The second kappa shape index (κ2) is 7.64. The molecule has 0 saturated carbocycles. The monoisotopic (exact) mass is 383 g/mol. The maximum Gasteiger partial charge on any atom is 0.417 e. The van der Waals surface area contributed by atoms with Gasteiger partial charge in [0.1, 0.15) is 24.1 Å². The SMILES string of the molecule is O=C(O)N1CCC(Oc2cc(Nc3ccc(C(F)(F)F)cn3)ncn2)CC1.